The molecule has 0 fully saturated rings. The van der Waals surface area contributed by atoms with Crippen LogP contribution in [0.4, 0.5) is 5.69 Å². The highest BCUT2D eigenvalue weighted by Crippen LogP contribution is 2.29. The molecule has 0 aliphatic heterocycles. The van der Waals surface area contributed by atoms with Crippen LogP contribution in [0.15, 0.2) is 42.0 Å². The number of benzene rings is 2. The molecular formula is C19H17ClN2O4. The molecule has 0 saturated carbocycles. The van der Waals surface area contributed by atoms with Gasteiger partial charge in [-0.05, 0) is 48.9 Å². The average molecular weight is 373 g/mol. The first-order valence-electron chi connectivity index (χ1n) is 7.71. The van der Waals surface area contributed by atoms with Crippen LogP contribution >= 0.6 is 11.6 Å². The Hall–Kier alpha value is -3.17. The van der Waals surface area contributed by atoms with Crippen LogP contribution in [0.1, 0.15) is 12.5 Å². The minimum Gasteiger partial charge on any atom is -0.504 e. The lowest BCUT2D eigenvalue weighted by molar-refractivity contribution is -0.112. The van der Waals surface area contributed by atoms with E-state index in [0.29, 0.717) is 28.6 Å². The molecule has 0 unspecified atom stereocenters. The highest BCUT2D eigenvalue weighted by atomic mass is 35.5. The normalized spacial score (nSPS) is 10.8. The van der Waals surface area contributed by atoms with Gasteiger partial charge in [0, 0.05) is 5.02 Å². The van der Waals surface area contributed by atoms with Crippen molar-refractivity contribution in [3.63, 3.8) is 0 Å². The van der Waals surface area contributed by atoms with Gasteiger partial charge in [-0.2, -0.15) is 5.26 Å². The second kappa shape index (κ2) is 8.79. The predicted octanol–water partition coefficient (Wildman–Crippen LogP) is 4.00. The Kier molecular flexibility index (Phi) is 6.48. The maximum Gasteiger partial charge on any atom is 0.266 e. The zero-order chi connectivity index (χ0) is 19.1. The number of hydrogen-bond donors (Lipinski definition) is 2. The number of anilines is 1. The van der Waals surface area contributed by atoms with Crippen molar-refractivity contribution in [3.8, 4) is 23.3 Å². The van der Waals surface area contributed by atoms with Gasteiger partial charge in [0.25, 0.3) is 5.91 Å². The van der Waals surface area contributed by atoms with Crippen molar-refractivity contribution in [3.05, 3.63) is 52.6 Å². The van der Waals surface area contributed by atoms with Crippen molar-refractivity contribution in [1.29, 1.82) is 5.26 Å². The molecule has 0 aliphatic rings. The van der Waals surface area contributed by atoms with Gasteiger partial charge in [0.05, 0.1) is 19.4 Å². The monoisotopic (exact) mass is 372 g/mol. The van der Waals surface area contributed by atoms with Crippen LogP contribution < -0.4 is 14.8 Å². The molecular weight excluding hydrogens is 356 g/mol. The summed E-state index contributed by atoms with van der Waals surface area (Å²) >= 11 is 5.94. The van der Waals surface area contributed by atoms with Crippen molar-refractivity contribution in [2.75, 3.05) is 19.0 Å². The molecule has 0 heterocycles. The molecule has 0 aromatic heterocycles. The first kappa shape index (κ1) is 19.2. The molecule has 0 atom stereocenters. The molecule has 1 amide bonds. The Labute approximate surface area is 156 Å². The highest BCUT2D eigenvalue weighted by molar-refractivity contribution is 6.31. The van der Waals surface area contributed by atoms with Gasteiger partial charge in [0.2, 0.25) is 0 Å². The summed E-state index contributed by atoms with van der Waals surface area (Å²) in [6, 6.07) is 11.2. The number of phenols is 1. The number of hydrogen-bond acceptors (Lipinski definition) is 5. The Bertz CT molecular complexity index is 888. The number of methoxy groups -OCH3 is 1. The number of nitrogens with zero attached hydrogens (tertiary/aromatic N) is 1. The summed E-state index contributed by atoms with van der Waals surface area (Å²) < 4.78 is 10.5. The average Bonchev–Trinajstić information content (AvgIpc) is 2.62. The second-order valence-corrected chi connectivity index (χ2v) is 5.57. The number of ether oxygens (including phenoxy) is 2. The molecule has 7 heteroatoms. The van der Waals surface area contributed by atoms with E-state index >= 15 is 0 Å². The van der Waals surface area contributed by atoms with Crippen molar-refractivity contribution in [2.24, 2.45) is 0 Å². The van der Waals surface area contributed by atoms with Crippen molar-refractivity contribution < 1.29 is 19.4 Å². The number of rotatable bonds is 6. The van der Waals surface area contributed by atoms with Crippen LogP contribution in [0.5, 0.6) is 17.2 Å². The third-order valence-electron chi connectivity index (χ3n) is 3.37. The fourth-order valence-corrected chi connectivity index (χ4v) is 2.35. The van der Waals surface area contributed by atoms with E-state index in [4.69, 9.17) is 21.1 Å². The van der Waals surface area contributed by atoms with Gasteiger partial charge < -0.3 is 19.9 Å². The summed E-state index contributed by atoms with van der Waals surface area (Å²) in [5.74, 6) is 0.0634. The predicted molar refractivity (Wildman–Crippen MR) is 99.5 cm³/mol. The standard InChI is InChI=1S/C19H17ClN2O4/c1-3-26-18-9-12(4-6-16(18)23)8-13(11-21)19(24)22-15-10-14(20)5-7-17(15)25-2/h4-10,23H,3H2,1-2H3,(H,22,24)/b13-8+. The first-order valence-corrected chi connectivity index (χ1v) is 8.08. The summed E-state index contributed by atoms with van der Waals surface area (Å²) in [4.78, 5) is 12.4. The van der Waals surface area contributed by atoms with Crippen LogP contribution in [0.25, 0.3) is 6.08 Å². The van der Waals surface area contributed by atoms with E-state index in [-0.39, 0.29) is 17.1 Å². The number of halogens is 1. The topological polar surface area (TPSA) is 91.6 Å². The van der Waals surface area contributed by atoms with Crippen LogP contribution in [0.3, 0.4) is 0 Å². The molecule has 2 rings (SSSR count). The lowest BCUT2D eigenvalue weighted by Crippen LogP contribution is -2.14. The van der Waals surface area contributed by atoms with E-state index in [9.17, 15) is 15.2 Å². The maximum atomic E-state index is 12.4. The van der Waals surface area contributed by atoms with Crippen molar-refractivity contribution >= 4 is 29.3 Å². The lowest BCUT2D eigenvalue weighted by Gasteiger charge is -2.10. The van der Waals surface area contributed by atoms with E-state index in [1.54, 1.807) is 31.2 Å². The molecule has 134 valence electrons. The molecule has 0 saturated heterocycles. The number of carbonyl (C=O) groups excluding carboxylic acids is 1. The van der Waals surface area contributed by atoms with Crippen LogP contribution in [-0.4, -0.2) is 24.7 Å². The zero-order valence-corrected chi connectivity index (χ0v) is 15.0. The molecule has 0 bridgehead atoms. The summed E-state index contributed by atoms with van der Waals surface area (Å²) in [6.45, 7) is 2.16. The van der Waals surface area contributed by atoms with Gasteiger partial charge >= 0.3 is 0 Å². The van der Waals surface area contributed by atoms with Gasteiger partial charge in [0.1, 0.15) is 17.4 Å². The number of nitrogens with one attached hydrogen (secondary N) is 1. The quantitative estimate of drug-likeness (QED) is 0.590. The Balaban J connectivity index is 2.29. The Morgan fingerprint density at radius 2 is 2.08 bits per heavy atom. The molecule has 26 heavy (non-hydrogen) atoms. The maximum absolute atomic E-state index is 12.4. The van der Waals surface area contributed by atoms with E-state index in [2.05, 4.69) is 5.32 Å². The van der Waals surface area contributed by atoms with Crippen LogP contribution in [0.2, 0.25) is 5.02 Å². The van der Waals surface area contributed by atoms with E-state index in [1.807, 2.05) is 6.07 Å². The zero-order valence-electron chi connectivity index (χ0n) is 14.2. The molecule has 2 aromatic carbocycles. The minimum absolute atomic E-state index is 0.0179. The van der Waals surface area contributed by atoms with Gasteiger partial charge in [-0.25, -0.2) is 0 Å². The summed E-state index contributed by atoms with van der Waals surface area (Å²) in [6.07, 6.45) is 1.40. The molecule has 0 aliphatic carbocycles. The van der Waals surface area contributed by atoms with Crippen molar-refractivity contribution in [2.45, 2.75) is 6.92 Å². The van der Waals surface area contributed by atoms with Crippen LogP contribution in [-0.2, 0) is 4.79 Å². The number of carbonyl (C=O) groups is 1. The fraction of sp³-hybridized carbons (Fsp3) is 0.158. The van der Waals surface area contributed by atoms with Gasteiger partial charge in [-0.3, -0.25) is 4.79 Å². The van der Waals surface area contributed by atoms with E-state index in [0.717, 1.165) is 0 Å². The fourth-order valence-electron chi connectivity index (χ4n) is 2.17. The second-order valence-electron chi connectivity index (χ2n) is 5.13. The number of phenolic OH excluding ortho intramolecular Hbond substituents is 1. The largest absolute Gasteiger partial charge is 0.504 e. The summed E-state index contributed by atoms with van der Waals surface area (Å²) in [7, 11) is 1.46. The van der Waals surface area contributed by atoms with Crippen LogP contribution in [0, 0.1) is 11.3 Å². The molecule has 2 aromatic rings. The smallest absolute Gasteiger partial charge is 0.266 e. The molecule has 2 N–H and O–H groups in total. The Morgan fingerprint density at radius 3 is 2.73 bits per heavy atom. The van der Waals surface area contributed by atoms with Crippen molar-refractivity contribution in [1.82, 2.24) is 0 Å². The van der Waals surface area contributed by atoms with Gasteiger partial charge in [-0.15, -0.1) is 0 Å². The lowest BCUT2D eigenvalue weighted by atomic mass is 10.1. The molecule has 0 radical (unpaired) electrons. The first-order chi connectivity index (χ1) is 12.5. The third kappa shape index (κ3) is 4.68. The van der Waals surface area contributed by atoms with E-state index in [1.165, 1.54) is 25.3 Å². The van der Waals surface area contributed by atoms with Gasteiger partial charge in [0.15, 0.2) is 11.5 Å². The SMILES string of the molecule is CCOc1cc(/C=C(\C#N)C(=O)Nc2cc(Cl)ccc2OC)ccc1O. The number of nitriles is 1. The molecule has 0 spiro atoms. The Morgan fingerprint density at radius 1 is 1.31 bits per heavy atom. The summed E-state index contributed by atoms with van der Waals surface area (Å²) in [5.41, 5.74) is 0.767. The summed E-state index contributed by atoms with van der Waals surface area (Å²) in [5, 5.41) is 22.1. The minimum atomic E-state index is -0.612. The molecule has 6 nitrogen and oxygen atoms in total. The third-order valence-corrected chi connectivity index (χ3v) is 3.60. The number of aromatic hydroxyl groups is 1. The highest BCUT2D eigenvalue weighted by Gasteiger charge is 2.13. The number of amides is 1. The van der Waals surface area contributed by atoms with E-state index < -0.39 is 5.91 Å². The van der Waals surface area contributed by atoms with Gasteiger partial charge in [-0.1, -0.05) is 17.7 Å².